The Morgan fingerprint density at radius 3 is 2.61 bits per heavy atom. The Balaban J connectivity index is 2.32. The quantitative estimate of drug-likeness (QED) is 0.774. The zero-order valence-electron chi connectivity index (χ0n) is 10.8. The van der Waals surface area contributed by atoms with Crippen LogP contribution in [0, 0.1) is 0 Å². The molecule has 0 unspecified atom stereocenters. The van der Waals surface area contributed by atoms with Crippen LogP contribution in [-0.2, 0) is 0 Å². The van der Waals surface area contributed by atoms with Gasteiger partial charge in [-0.1, -0.05) is 12.1 Å². The number of benzene rings is 1. The number of nitrogens with zero attached hydrogens (tertiary/aromatic N) is 3. The fraction of sp³-hybridized carbons (Fsp3) is 0.429. The molecule has 0 aliphatic carbocycles. The molecule has 0 fully saturated rings. The molecule has 1 aromatic heterocycles. The molecule has 0 saturated heterocycles. The molecule has 0 aliphatic heterocycles. The first-order chi connectivity index (χ1) is 8.72. The van der Waals surface area contributed by atoms with Crippen LogP contribution in [0.2, 0.25) is 0 Å². The minimum absolute atomic E-state index is 0.392. The summed E-state index contributed by atoms with van der Waals surface area (Å²) in [6, 6.07) is 8.32. The van der Waals surface area contributed by atoms with Crippen LogP contribution < -0.4 is 4.90 Å². The topological polar surface area (TPSA) is 29.0 Å². The van der Waals surface area contributed by atoms with Gasteiger partial charge in [0.1, 0.15) is 5.82 Å². The highest BCUT2D eigenvalue weighted by atomic mass is 35.5. The van der Waals surface area contributed by atoms with Gasteiger partial charge in [-0.3, -0.25) is 4.98 Å². The van der Waals surface area contributed by atoms with Crippen molar-refractivity contribution in [3.05, 3.63) is 30.5 Å². The molecule has 0 radical (unpaired) electrons. The number of rotatable bonds is 5. The standard InChI is InChI=1S/C14H18ClN3/c1-11(2)18(9-5-8-15)14-10-16-12-6-3-4-7-13(12)17-14/h3-4,6-7,10-11H,5,8-9H2,1-2H3. The van der Waals surface area contributed by atoms with Gasteiger partial charge in [-0.15, -0.1) is 11.6 Å². The van der Waals surface area contributed by atoms with E-state index in [9.17, 15) is 0 Å². The summed E-state index contributed by atoms with van der Waals surface area (Å²) in [5, 5.41) is 0. The number of alkyl halides is 1. The molecule has 3 nitrogen and oxygen atoms in total. The molecule has 0 aliphatic rings. The van der Waals surface area contributed by atoms with Crippen molar-refractivity contribution >= 4 is 28.5 Å². The van der Waals surface area contributed by atoms with Gasteiger partial charge in [-0.25, -0.2) is 4.98 Å². The number of hydrogen-bond acceptors (Lipinski definition) is 3. The predicted octanol–water partition coefficient (Wildman–Crippen LogP) is 3.47. The lowest BCUT2D eigenvalue weighted by molar-refractivity contribution is 0.663. The van der Waals surface area contributed by atoms with E-state index in [2.05, 4.69) is 28.7 Å². The van der Waals surface area contributed by atoms with Gasteiger partial charge >= 0.3 is 0 Å². The molecule has 0 N–H and O–H groups in total. The second-order valence-electron chi connectivity index (χ2n) is 4.55. The van der Waals surface area contributed by atoms with Crippen molar-refractivity contribution in [3.8, 4) is 0 Å². The van der Waals surface area contributed by atoms with E-state index >= 15 is 0 Å². The zero-order valence-corrected chi connectivity index (χ0v) is 11.6. The van der Waals surface area contributed by atoms with Gasteiger partial charge < -0.3 is 4.90 Å². The van der Waals surface area contributed by atoms with E-state index in [1.165, 1.54) is 0 Å². The number of anilines is 1. The van der Waals surface area contributed by atoms with Crippen molar-refractivity contribution in [2.75, 3.05) is 17.3 Å². The molecule has 1 aromatic carbocycles. The van der Waals surface area contributed by atoms with Crippen LogP contribution in [0.15, 0.2) is 30.5 Å². The molecular formula is C14H18ClN3. The lowest BCUT2D eigenvalue weighted by atomic mass is 10.2. The van der Waals surface area contributed by atoms with Gasteiger partial charge in [-0.2, -0.15) is 0 Å². The smallest absolute Gasteiger partial charge is 0.148 e. The van der Waals surface area contributed by atoms with E-state index in [-0.39, 0.29) is 0 Å². The Labute approximate surface area is 113 Å². The Morgan fingerprint density at radius 2 is 1.94 bits per heavy atom. The maximum Gasteiger partial charge on any atom is 0.148 e. The molecule has 4 heteroatoms. The first-order valence-electron chi connectivity index (χ1n) is 6.27. The first-order valence-corrected chi connectivity index (χ1v) is 6.80. The van der Waals surface area contributed by atoms with Gasteiger partial charge in [0, 0.05) is 18.5 Å². The number of para-hydroxylation sites is 2. The summed E-state index contributed by atoms with van der Waals surface area (Å²) in [6.07, 6.45) is 2.80. The third kappa shape index (κ3) is 2.91. The third-order valence-corrected chi connectivity index (χ3v) is 3.15. The van der Waals surface area contributed by atoms with Gasteiger partial charge in [0.15, 0.2) is 0 Å². The minimum Gasteiger partial charge on any atom is -0.353 e. The minimum atomic E-state index is 0.392. The molecule has 2 aromatic rings. The van der Waals surface area contributed by atoms with Crippen LogP contribution in [0.5, 0.6) is 0 Å². The second-order valence-corrected chi connectivity index (χ2v) is 4.92. The molecule has 1 heterocycles. The average molecular weight is 264 g/mol. The summed E-state index contributed by atoms with van der Waals surface area (Å²) in [7, 11) is 0. The zero-order chi connectivity index (χ0) is 13.0. The molecule has 96 valence electrons. The molecule has 18 heavy (non-hydrogen) atoms. The molecule has 0 atom stereocenters. The highest BCUT2D eigenvalue weighted by Crippen LogP contribution is 2.17. The SMILES string of the molecule is CC(C)N(CCCCl)c1cnc2ccccc2n1. The summed E-state index contributed by atoms with van der Waals surface area (Å²) in [6.45, 7) is 5.23. The summed E-state index contributed by atoms with van der Waals surface area (Å²) >= 11 is 5.77. The fourth-order valence-electron chi connectivity index (χ4n) is 1.95. The maximum absolute atomic E-state index is 5.77. The lowest BCUT2D eigenvalue weighted by Gasteiger charge is -2.27. The Morgan fingerprint density at radius 1 is 1.22 bits per heavy atom. The normalized spacial score (nSPS) is 11.1. The number of halogens is 1. The number of aromatic nitrogens is 2. The van der Waals surface area contributed by atoms with Crippen molar-refractivity contribution in [1.82, 2.24) is 9.97 Å². The number of fused-ring (bicyclic) bond motifs is 1. The molecular weight excluding hydrogens is 246 g/mol. The Kier molecular flexibility index (Phi) is 4.37. The van der Waals surface area contributed by atoms with E-state index in [4.69, 9.17) is 11.6 Å². The van der Waals surface area contributed by atoms with Crippen LogP contribution in [0.3, 0.4) is 0 Å². The van der Waals surface area contributed by atoms with Crippen molar-refractivity contribution in [2.45, 2.75) is 26.3 Å². The molecule has 0 saturated carbocycles. The highest BCUT2D eigenvalue weighted by molar-refractivity contribution is 6.17. The summed E-state index contributed by atoms with van der Waals surface area (Å²) in [5.74, 6) is 1.60. The summed E-state index contributed by atoms with van der Waals surface area (Å²) in [4.78, 5) is 11.4. The van der Waals surface area contributed by atoms with Crippen LogP contribution >= 0.6 is 11.6 Å². The fourth-order valence-corrected chi connectivity index (χ4v) is 2.07. The van der Waals surface area contributed by atoms with Crippen LogP contribution in [0.25, 0.3) is 11.0 Å². The predicted molar refractivity (Wildman–Crippen MR) is 77.4 cm³/mol. The largest absolute Gasteiger partial charge is 0.353 e. The summed E-state index contributed by atoms with van der Waals surface area (Å²) < 4.78 is 0. The molecule has 0 spiro atoms. The van der Waals surface area contributed by atoms with Gasteiger partial charge in [-0.05, 0) is 32.4 Å². The van der Waals surface area contributed by atoms with E-state index in [1.807, 2.05) is 30.5 Å². The molecule has 2 rings (SSSR count). The molecule has 0 amide bonds. The van der Waals surface area contributed by atoms with Crippen molar-refractivity contribution in [3.63, 3.8) is 0 Å². The van der Waals surface area contributed by atoms with E-state index < -0.39 is 0 Å². The lowest BCUT2D eigenvalue weighted by Crippen LogP contribution is -2.32. The van der Waals surface area contributed by atoms with Gasteiger partial charge in [0.25, 0.3) is 0 Å². The van der Waals surface area contributed by atoms with E-state index in [0.717, 1.165) is 29.8 Å². The summed E-state index contributed by atoms with van der Waals surface area (Å²) in [5.41, 5.74) is 1.87. The maximum atomic E-state index is 5.77. The van der Waals surface area contributed by atoms with E-state index in [0.29, 0.717) is 11.9 Å². The van der Waals surface area contributed by atoms with Gasteiger partial charge in [0.05, 0.1) is 17.2 Å². The Hall–Kier alpha value is -1.35. The van der Waals surface area contributed by atoms with Crippen molar-refractivity contribution in [2.24, 2.45) is 0 Å². The average Bonchev–Trinajstić information content (AvgIpc) is 2.38. The second kappa shape index (κ2) is 6.01. The monoisotopic (exact) mass is 263 g/mol. The van der Waals surface area contributed by atoms with Gasteiger partial charge in [0.2, 0.25) is 0 Å². The van der Waals surface area contributed by atoms with Crippen molar-refractivity contribution in [1.29, 1.82) is 0 Å². The van der Waals surface area contributed by atoms with Crippen LogP contribution in [0.1, 0.15) is 20.3 Å². The third-order valence-electron chi connectivity index (χ3n) is 2.89. The van der Waals surface area contributed by atoms with Crippen LogP contribution in [-0.4, -0.2) is 28.4 Å². The first kappa shape index (κ1) is 13.1. The van der Waals surface area contributed by atoms with Crippen LogP contribution in [0.4, 0.5) is 5.82 Å². The van der Waals surface area contributed by atoms with Crippen molar-refractivity contribution < 1.29 is 0 Å². The Bertz CT molecular complexity index is 513. The highest BCUT2D eigenvalue weighted by Gasteiger charge is 2.12. The van der Waals surface area contributed by atoms with E-state index in [1.54, 1.807) is 0 Å². The number of hydrogen-bond donors (Lipinski definition) is 0. The molecule has 0 bridgehead atoms.